The number of morpholine rings is 1. The molecule has 19 heavy (non-hydrogen) atoms. The largest absolute Gasteiger partial charge is 0.372 e. The molecule has 1 saturated carbocycles. The van der Waals surface area contributed by atoms with Gasteiger partial charge in [-0.2, -0.15) is 0 Å². The van der Waals surface area contributed by atoms with Gasteiger partial charge in [-0.1, -0.05) is 26.7 Å². The second-order valence-corrected chi connectivity index (χ2v) is 7.27. The fourth-order valence-electron chi connectivity index (χ4n) is 4.96. The molecule has 0 aromatic rings. The molecule has 3 aliphatic rings. The van der Waals surface area contributed by atoms with Gasteiger partial charge in [0.05, 0.1) is 12.2 Å². The third-order valence-electron chi connectivity index (χ3n) is 5.90. The summed E-state index contributed by atoms with van der Waals surface area (Å²) in [5.74, 6) is 1.51. The van der Waals surface area contributed by atoms with Crippen LogP contribution in [0.1, 0.15) is 52.4 Å². The molecule has 1 aliphatic carbocycles. The SMILES string of the molecule is CC(C)C1CCCCC1(CN)N1CC2CCC(C1)O2. The lowest BCUT2D eigenvalue weighted by Gasteiger charge is -2.54. The molecular formula is C16H30N2O. The second-order valence-electron chi connectivity index (χ2n) is 7.27. The van der Waals surface area contributed by atoms with Crippen LogP contribution in [0.25, 0.3) is 0 Å². The van der Waals surface area contributed by atoms with Crippen molar-refractivity contribution in [3.8, 4) is 0 Å². The number of likely N-dealkylation sites (tertiary alicyclic amines) is 1. The first-order chi connectivity index (χ1) is 9.15. The van der Waals surface area contributed by atoms with Crippen LogP contribution in [-0.4, -0.2) is 42.3 Å². The first kappa shape index (κ1) is 13.8. The van der Waals surface area contributed by atoms with Gasteiger partial charge in [-0.3, -0.25) is 4.90 Å². The van der Waals surface area contributed by atoms with Crippen LogP contribution in [0.5, 0.6) is 0 Å². The van der Waals surface area contributed by atoms with E-state index in [1.807, 2.05) is 0 Å². The van der Waals surface area contributed by atoms with Crippen LogP contribution < -0.4 is 5.73 Å². The predicted molar refractivity (Wildman–Crippen MR) is 78.0 cm³/mol. The zero-order chi connectivity index (χ0) is 13.5. The number of nitrogens with zero attached hydrogens (tertiary/aromatic N) is 1. The monoisotopic (exact) mass is 266 g/mol. The van der Waals surface area contributed by atoms with Gasteiger partial charge in [0.15, 0.2) is 0 Å². The zero-order valence-corrected chi connectivity index (χ0v) is 12.6. The Kier molecular flexibility index (Phi) is 3.89. The molecule has 3 fully saturated rings. The lowest BCUT2D eigenvalue weighted by atomic mass is 9.66. The van der Waals surface area contributed by atoms with Gasteiger partial charge < -0.3 is 10.5 Å². The van der Waals surface area contributed by atoms with Crippen LogP contribution in [0.2, 0.25) is 0 Å². The highest BCUT2D eigenvalue weighted by molar-refractivity contribution is 5.04. The molecule has 2 bridgehead atoms. The zero-order valence-electron chi connectivity index (χ0n) is 12.6. The topological polar surface area (TPSA) is 38.5 Å². The maximum absolute atomic E-state index is 6.33. The molecule has 0 aromatic carbocycles. The fraction of sp³-hybridized carbons (Fsp3) is 1.00. The van der Waals surface area contributed by atoms with Crippen molar-refractivity contribution < 1.29 is 4.74 Å². The Balaban J connectivity index is 1.83. The number of fused-ring (bicyclic) bond motifs is 2. The standard InChI is InChI=1S/C16H30N2O/c1-12(2)15-5-3-4-8-16(15,11-17)18-9-13-6-7-14(10-18)19-13/h12-15H,3-11,17H2,1-2H3. The van der Waals surface area contributed by atoms with E-state index in [0.29, 0.717) is 12.2 Å². The second kappa shape index (κ2) is 5.34. The van der Waals surface area contributed by atoms with Crippen LogP contribution in [0, 0.1) is 11.8 Å². The molecule has 3 heteroatoms. The molecule has 4 atom stereocenters. The summed E-state index contributed by atoms with van der Waals surface area (Å²) in [4.78, 5) is 2.74. The summed E-state index contributed by atoms with van der Waals surface area (Å²) in [5, 5.41) is 0. The number of hydrogen-bond donors (Lipinski definition) is 1. The average molecular weight is 266 g/mol. The summed E-state index contributed by atoms with van der Waals surface area (Å²) in [6.07, 6.45) is 8.89. The first-order valence-electron chi connectivity index (χ1n) is 8.26. The smallest absolute Gasteiger partial charge is 0.0707 e. The number of ether oxygens (including phenoxy) is 1. The van der Waals surface area contributed by atoms with Crippen molar-refractivity contribution in [3.05, 3.63) is 0 Å². The van der Waals surface area contributed by atoms with Crippen molar-refractivity contribution in [2.45, 2.75) is 70.1 Å². The van der Waals surface area contributed by atoms with E-state index in [9.17, 15) is 0 Å². The fourth-order valence-corrected chi connectivity index (χ4v) is 4.96. The van der Waals surface area contributed by atoms with Crippen LogP contribution in [0.4, 0.5) is 0 Å². The van der Waals surface area contributed by atoms with Crippen LogP contribution >= 0.6 is 0 Å². The molecule has 2 N–H and O–H groups in total. The van der Waals surface area contributed by atoms with Crippen molar-refractivity contribution in [1.82, 2.24) is 4.90 Å². The molecule has 2 aliphatic heterocycles. The lowest BCUT2D eigenvalue weighted by molar-refractivity contribution is -0.108. The van der Waals surface area contributed by atoms with E-state index in [1.165, 1.54) is 38.5 Å². The molecule has 0 spiro atoms. The Morgan fingerprint density at radius 3 is 2.42 bits per heavy atom. The van der Waals surface area contributed by atoms with Crippen molar-refractivity contribution in [2.24, 2.45) is 17.6 Å². The minimum atomic E-state index is 0.261. The maximum atomic E-state index is 6.33. The molecule has 110 valence electrons. The van der Waals surface area contributed by atoms with Gasteiger partial charge in [-0.25, -0.2) is 0 Å². The van der Waals surface area contributed by atoms with Crippen molar-refractivity contribution in [3.63, 3.8) is 0 Å². The number of hydrogen-bond acceptors (Lipinski definition) is 3. The molecule has 0 amide bonds. The Morgan fingerprint density at radius 1 is 1.16 bits per heavy atom. The van der Waals surface area contributed by atoms with Gasteiger partial charge in [-0.15, -0.1) is 0 Å². The van der Waals surface area contributed by atoms with E-state index in [2.05, 4.69) is 18.7 Å². The summed E-state index contributed by atoms with van der Waals surface area (Å²) >= 11 is 0. The summed E-state index contributed by atoms with van der Waals surface area (Å²) in [6, 6.07) is 0. The summed E-state index contributed by atoms with van der Waals surface area (Å²) in [7, 11) is 0. The molecular weight excluding hydrogens is 236 g/mol. The van der Waals surface area contributed by atoms with E-state index in [0.717, 1.165) is 31.5 Å². The van der Waals surface area contributed by atoms with Crippen molar-refractivity contribution in [2.75, 3.05) is 19.6 Å². The summed E-state index contributed by atoms with van der Waals surface area (Å²) in [6.45, 7) is 7.84. The molecule has 2 heterocycles. The third kappa shape index (κ3) is 2.34. The van der Waals surface area contributed by atoms with E-state index in [-0.39, 0.29) is 5.54 Å². The van der Waals surface area contributed by atoms with Gasteiger partial charge >= 0.3 is 0 Å². The first-order valence-corrected chi connectivity index (χ1v) is 8.26. The lowest BCUT2D eigenvalue weighted by Crippen LogP contribution is -2.64. The van der Waals surface area contributed by atoms with Gasteiger partial charge in [0.2, 0.25) is 0 Å². The van der Waals surface area contributed by atoms with Gasteiger partial charge in [0.25, 0.3) is 0 Å². The third-order valence-corrected chi connectivity index (χ3v) is 5.90. The Bertz CT molecular complexity index is 308. The van der Waals surface area contributed by atoms with Crippen LogP contribution in [0.3, 0.4) is 0 Å². The highest BCUT2D eigenvalue weighted by atomic mass is 16.5. The normalized spacial score (nSPS) is 43.9. The van der Waals surface area contributed by atoms with Gasteiger partial charge in [-0.05, 0) is 37.5 Å². The average Bonchev–Trinajstić information content (AvgIpc) is 2.77. The highest BCUT2D eigenvalue weighted by Crippen LogP contribution is 2.44. The number of rotatable bonds is 3. The van der Waals surface area contributed by atoms with Gasteiger partial charge in [0, 0.05) is 25.2 Å². The molecule has 2 saturated heterocycles. The van der Waals surface area contributed by atoms with E-state index in [1.54, 1.807) is 0 Å². The van der Waals surface area contributed by atoms with Gasteiger partial charge in [0.1, 0.15) is 0 Å². The molecule has 3 nitrogen and oxygen atoms in total. The van der Waals surface area contributed by atoms with E-state index in [4.69, 9.17) is 10.5 Å². The molecule has 0 aromatic heterocycles. The minimum Gasteiger partial charge on any atom is -0.372 e. The van der Waals surface area contributed by atoms with E-state index >= 15 is 0 Å². The summed E-state index contributed by atoms with van der Waals surface area (Å²) < 4.78 is 6.02. The molecule has 3 rings (SSSR count). The maximum Gasteiger partial charge on any atom is 0.0707 e. The molecule has 4 unspecified atom stereocenters. The minimum absolute atomic E-state index is 0.261. The Morgan fingerprint density at radius 2 is 1.84 bits per heavy atom. The van der Waals surface area contributed by atoms with Crippen LogP contribution in [0.15, 0.2) is 0 Å². The van der Waals surface area contributed by atoms with E-state index < -0.39 is 0 Å². The molecule has 0 radical (unpaired) electrons. The van der Waals surface area contributed by atoms with Crippen molar-refractivity contribution >= 4 is 0 Å². The Hall–Kier alpha value is -0.120. The number of nitrogens with two attached hydrogens (primary N) is 1. The highest BCUT2D eigenvalue weighted by Gasteiger charge is 2.49. The van der Waals surface area contributed by atoms with Crippen molar-refractivity contribution in [1.29, 1.82) is 0 Å². The summed E-state index contributed by atoms with van der Waals surface area (Å²) in [5.41, 5.74) is 6.59. The van der Waals surface area contributed by atoms with Crippen LogP contribution in [-0.2, 0) is 4.74 Å². The quantitative estimate of drug-likeness (QED) is 0.852. The Labute approximate surface area is 117 Å². The predicted octanol–water partition coefficient (Wildman–Crippen LogP) is 2.39.